The molecule has 266 valence electrons. The minimum absolute atomic E-state index is 0. The standard InChI is InChI=1S/C45H44N2O4.CH4/c1-42(2)24-43(3,4)26-44(25-42)35-11-9-8-10-31(35)38-33-23-37-36(46-41(48)47(37)5)22-34(33)40-32(39(38)44)20-21-45(51-40,27-12-16-29(49-6)17-13-27)28-14-18-30(50-7)19-15-28;/h8-23H,24-26H2,1-7H3,(H,46,48);1H4. The zero-order chi connectivity index (χ0) is 35.5. The smallest absolute Gasteiger partial charge is 0.326 e. The summed E-state index contributed by atoms with van der Waals surface area (Å²) in [4.78, 5) is 16.2. The average Bonchev–Trinajstić information content (AvgIpc) is 3.54. The molecule has 5 aromatic carbocycles. The van der Waals surface area contributed by atoms with Crippen LogP contribution in [0.1, 0.15) is 82.2 Å². The third-order valence-corrected chi connectivity index (χ3v) is 11.8. The number of ether oxygens (including phenoxy) is 3. The second-order valence-corrected chi connectivity index (χ2v) is 16.5. The van der Waals surface area contributed by atoms with E-state index in [0.717, 1.165) is 75.0 Å². The average molecular weight is 693 g/mol. The lowest BCUT2D eigenvalue weighted by molar-refractivity contribution is 0.0642. The van der Waals surface area contributed by atoms with Crippen LogP contribution < -0.4 is 19.9 Å². The highest BCUT2D eigenvalue weighted by molar-refractivity contribution is 6.12. The van der Waals surface area contributed by atoms with Crippen molar-refractivity contribution in [3.8, 4) is 28.4 Å². The predicted molar refractivity (Wildman–Crippen MR) is 212 cm³/mol. The summed E-state index contributed by atoms with van der Waals surface area (Å²) < 4.78 is 20.5. The molecule has 3 aliphatic rings. The maximum Gasteiger partial charge on any atom is 0.326 e. The fraction of sp³-hybridized carbons (Fsp3) is 0.326. The van der Waals surface area contributed by atoms with Crippen molar-refractivity contribution in [1.82, 2.24) is 9.55 Å². The van der Waals surface area contributed by atoms with Gasteiger partial charge in [0.25, 0.3) is 0 Å². The maximum absolute atomic E-state index is 13.0. The number of rotatable bonds is 4. The van der Waals surface area contributed by atoms with Crippen LogP contribution in [0.4, 0.5) is 0 Å². The summed E-state index contributed by atoms with van der Waals surface area (Å²) in [5, 5.41) is 2.08. The number of hydrogen-bond acceptors (Lipinski definition) is 4. The van der Waals surface area contributed by atoms with E-state index < -0.39 is 5.60 Å². The molecule has 6 aromatic rings. The Morgan fingerprint density at radius 1 is 0.769 bits per heavy atom. The largest absolute Gasteiger partial charge is 0.497 e. The van der Waals surface area contributed by atoms with Crippen LogP contribution in [0.2, 0.25) is 0 Å². The number of benzene rings is 5. The van der Waals surface area contributed by atoms with Crippen LogP contribution in [0.5, 0.6) is 17.2 Å². The van der Waals surface area contributed by atoms with E-state index in [-0.39, 0.29) is 29.4 Å². The number of nitrogens with zero attached hydrogens (tertiary/aromatic N) is 1. The third kappa shape index (κ3) is 4.72. The van der Waals surface area contributed by atoms with E-state index in [9.17, 15) is 4.79 Å². The van der Waals surface area contributed by atoms with Crippen molar-refractivity contribution in [2.24, 2.45) is 17.9 Å². The Kier molecular flexibility index (Phi) is 7.42. The van der Waals surface area contributed by atoms with E-state index in [0.29, 0.717) is 0 Å². The van der Waals surface area contributed by atoms with Crippen LogP contribution >= 0.6 is 0 Å². The lowest BCUT2D eigenvalue weighted by atomic mass is 9.52. The SMILES string of the molecule is C.COc1ccc(C2(c3ccc(OC)cc3)C=Cc3c4c(c5cc6c(cc5c3O2)[nH]c(=O)n6C)-c2ccccc2C42CC(C)(C)CC(C)(C)C2)cc1. The molecule has 0 unspecified atom stereocenters. The molecule has 1 saturated carbocycles. The molecular weight excluding hydrogens is 645 g/mol. The molecule has 0 bridgehead atoms. The molecule has 0 saturated heterocycles. The van der Waals surface area contributed by atoms with Crippen molar-refractivity contribution in [2.45, 2.75) is 65.4 Å². The molecule has 2 aliphatic carbocycles. The molecule has 0 atom stereocenters. The van der Waals surface area contributed by atoms with E-state index in [2.05, 4.69) is 105 Å². The first-order chi connectivity index (χ1) is 24.4. The van der Waals surface area contributed by atoms with E-state index in [1.807, 2.05) is 31.3 Å². The van der Waals surface area contributed by atoms with Gasteiger partial charge in [-0.25, -0.2) is 4.79 Å². The zero-order valence-electron chi connectivity index (χ0n) is 30.4. The molecule has 6 heteroatoms. The van der Waals surface area contributed by atoms with Gasteiger partial charge in [0.2, 0.25) is 0 Å². The fourth-order valence-electron chi connectivity index (χ4n) is 10.5. The van der Waals surface area contributed by atoms with Crippen molar-refractivity contribution < 1.29 is 14.2 Å². The molecule has 6 nitrogen and oxygen atoms in total. The quantitative estimate of drug-likeness (QED) is 0.200. The van der Waals surface area contributed by atoms with Crippen LogP contribution in [-0.4, -0.2) is 23.8 Å². The van der Waals surface area contributed by atoms with Gasteiger partial charge in [0.05, 0.1) is 25.3 Å². The first-order valence-electron chi connectivity index (χ1n) is 17.9. The second kappa shape index (κ2) is 11.4. The molecule has 1 spiro atoms. The maximum atomic E-state index is 13.0. The lowest BCUT2D eigenvalue weighted by Crippen LogP contribution is -2.44. The van der Waals surface area contributed by atoms with E-state index in [1.165, 1.54) is 22.3 Å². The Labute approximate surface area is 306 Å². The molecule has 52 heavy (non-hydrogen) atoms. The Hall–Kier alpha value is -5.23. The van der Waals surface area contributed by atoms with Crippen LogP contribution in [0.25, 0.3) is 39.0 Å². The number of nitrogens with one attached hydrogen (secondary N) is 1. The second-order valence-electron chi connectivity index (χ2n) is 16.5. The summed E-state index contributed by atoms with van der Waals surface area (Å²) in [5.41, 5.74) is 8.96. The van der Waals surface area contributed by atoms with Gasteiger partial charge < -0.3 is 19.2 Å². The van der Waals surface area contributed by atoms with E-state index in [4.69, 9.17) is 14.2 Å². The highest BCUT2D eigenvalue weighted by Gasteiger charge is 2.55. The van der Waals surface area contributed by atoms with Crippen LogP contribution in [0.15, 0.2) is 95.8 Å². The van der Waals surface area contributed by atoms with Crippen LogP contribution in [0.3, 0.4) is 0 Å². The first-order valence-corrected chi connectivity index (χ1v) is 17.9. The van der Waals surface area contributed by atoms with Crippen LogP contribution in [0, 0.1) is 10.8 Å². The van der Waals surface area contributed by atoms with Crippen molar-refractivity contribution in [1.29, 1.82) is 0 Å². The molecule has 9 rings (SSSR count). The molecular formula is C46H48N2O4. The van der Waals surface area contributed by atoms with Gasteiger partial charge in [-0.1, -0.05) is 89.7 Å². The Balaban J connectivity index is 0.00000387. The summed E-state index contributed by atoms with van der Waals surface area (Å²) in [6.45, 7) is 9.75. The Morgan fingerprint density at radius 2 is 1.37 bits per heavy atom. The molecule has 1 fully saturated rings. The minimum atomic E-state index is -0.949. The topological polar surface area (TPSA) is 65.5 Å². The van der Waals surface area contributed by atoms with E-state index >= 15 is 0 Å². The van der Waals surface area contributed by atoms with Gasteiger partial charge in [0.15, 0.2) is 5.60 Å². The van der Waals surface area contributed by atoms with Crippen molar-refractivity contribution in [3.05, 3.63) is 129 Å². The van der Waals surface area contributed by atoms with Gasteiger partial charge in [0.1, 0.15) is 17.2 Å². The number of methoxy groups -OCH3 is 2. The van der Waals surface area contributed by atoms with Gasteiger partial charge >= 0.3 is 5.69 Å². The zero-order valence-corrected chi connectivity index (χ0v) is 30.4. The molecule has 0 amide bonds. The molecule has 1 aliphatic heterocycles. The Morgan fingerprint density at radius 3 is 1.96 bits per heavy atom. The number of fused-ring (bicyclic) bond motifs is 11. The lowest BCUT2D eigenvalue weighted by Gasteiger charge is -2.52. The molecule has 1 N–H and O–H groups in total. The number of imidazole rings is 1. The number of aromatic nitrogens is 2. The monoisotopic (exact) mass is 692 g/mol. The highest BCUT2D eigenvalue weighted by Crippen LogP contribution is 2.67. The number of aryl methyl sites for hydroxylation is 1. The Bertz CT molecular complexity index is 2410. The molecule has 2 heterocycles. The van der Waals surface area contributed by atoms with Gasteiger partial charge in [-0.05, 0) is 100 Å². The van der Waals surface area contributed by atoms with Gasteiger partial charge in [-0.3, -0.25) is 4.57 Å². The number of aromatic amines is 1. The predicted octanol–water partition coefficient (Wildman–Crippen LogP) is 10.5. The van der Waals surface area contributed by atoms with Crippen molar-refractivity contribution in [3.63, 3.8) is 0 Å². The summed E-state index contributed by atoms with van der Waals surface area (Å²) >= 11 is 0. The summed E-state index contributed by atoms with van der Waals surface area (Å²) in [6, 6.07) is 29.7. The third-order valence-electron chi connectivity index (χ3n) is 11.8. The summed E-state index contributed by atoms with van der Waals surface area (Å²) in [7, 11) is 5.21. The molecule has 1 aromatic heterocycles. The van der Waals surface area contributed by atoms with Crippen LogP contribution in [-0.2, 0) is 18.1 Å². The number of H-pyrrole nitrogens is 1. The fourth-order valence-corrected chi connectivity index (χ4v) is 10.5. The minimum Gasteiger partial charge on any atom is -0.497 e. The highest BCUT2D eigenvalue weighted by atomic mass is 16.5. The first kappa shape index (κ1) is 33.9. The van der Waals surface area contributed by atoms with Gasteiger partial charge in [-0.2, -0.15) is 0 Å². The normalized spacial score (nSPS) is 18.3. The molecule has 0 radical (unpaired) electrons. The van der Waals surface area contributed by atoms with Crippen molar-refractivity contribution in [2.75, 3.05) is 14.2 Å². The van der Waals surface area contributed by atoms with Gasteiger partial charge in [0, 0.05) is 34.5 Å². The number of hydrogen-bond donors (Lipinski definition) is 1. The van der Waals surface area contributed by atoms with E-state index in [1.54, 1.807) is 18.8 Å². The van der Waals surface area contributed by atoms with Crippen molar-refractivity contribution >= 4 is 27.9 Å². The van der Waals surface area contributed by atoms with Gasteiger partial charge in [-0.15, -0.1) is 0 Å². The summed E-state index contributed by atoms with van der Waals surface area (Å²) in [5.74, 6) is 2.40. The summed E-state index contributed by atoms with van der Waals surface area (Å²) in [6.07, 6.45) is 7.79.